The summed E-state index contributed by atoms with van der Waals surface area (Å²) in [7, 11) is 0. The second-order valence-electron chi connectivity index (χ2n) is 2.28. The van der Waals surface area contributed by atoms with Gasteiger partial charge in [-0.1, -0.05) is 18.3 Å². The van der Waals surface area contributed by atoms with E-state index in [1.165, 1.54) is 0 Å². The standard InChI is InChI=1S/C7H9NOS/c1-3-5-4(2)6(9)8-7(5)10/h3-4H,1-2H3,(H,8,9,10)/b5-3+. The average Bonchev–Trinajstić information content (AvgIpc) is 2.09. The minimum absolute atomic E-state index is 0.0121. The number of hydrogen-bond donors (Lipinski definition) is 1. The topological polar surface area (TPSA) is 29.1 Å². The Kier molecular flexibility index (Phi) is 1.85. The summed E-state index contributed by atoms with van der Waals surface area (Å²) in [6.07, 6.45) is 1.88. The van der Waals surface area contributed by atoms with Crippen LogP contribution in [-0.4, -0.2) is 10.9 Å². The Balaban J connectivity index is 2.95. The van der Waals surface area contributed by atoms with Gasteiger partial charge < -0.3 is 5.32 Å². The predicted octanol–water partition coefficient (Wildman–Crippen LogP) is 1.03. The monoisotopic (exact) mass is 155 g/mol. The first kappa shape index (κ1) is 7.41. The van der Waals surface area contributed by atoms with Crippen molar-refractivity contribution >= 4 is 23.1 Å². The summed E-state index contributed by atoms with van der Waals surface area (Å²) >= 11 is 4.89. The Bertz CT molecular complexity index is 220. The average molecular weight is 155 g/mol. The molecule has 1 rings (SSSR count). The van der Waals surface area contributed by atoms with Crippen molar-refractivity contribution in [2.75, 3.05) is 0 Å². The highest BCUT2D eigenvalue weighted by Crippen LogP contribution is 2.17. The third-order valence-corrected chi connectivity index (χ3v) is 2.01. The van der Waals surface area contributed by atoms with Gasteiger partial charge in [0.15, 0.2) is 0 Å². The van der Waals surface area contributed by atoms with E-state index in [4.69, 9.17) is 12.2 Å². The molecule has 2 nitrogen and oxygen atoms in total. The summed E-state index contributed by atoms with van der Waals surface area (Å²) in [4.78, 5) is 11.5. The van der Waals surface area contributed by atoms with Crippen molar-refractivity contribution in [3.8, 4) is 0 Å². The normalized spacial score (nSPS) is 29.4. The molecule has 0 aromatic carbocycles. The third kappa shape index (κ3) is 0.968. The molecule has 0 spiro atoms. The van der Waals surface area contributed by atoms with Crippen molar-refractivity contribution in [2.24, 2.45) is 5.92 Å². The summed E-state index contributed by atoms with van der Waals surface area (Å²) in [6, 6.07) is 0. The molecule has 1 amide bonds. The van der Waals surface area contributed by atoms with Gasteiger partial charge in [0, 0.05) is 0 Å². The van der Waals surface area contributed by atoms with Gasteiger partial charge in [-0.3, -0.25) is 4.79 Å². The Morgan fingerprint density at radius 2 is 2.30 bits per heavy atom. The highest BCUT2D eigenvalue weighted by atomic mass is 32.1. The molecule has 1 saturated heterocycles. The maximum atomic E-state index is 10.9. The zero-order valence-electron chi connectivity index (χ0n) is 5.97. The number of thiocarbonyl (C=S) groups is 1. The van der Waals surface area contributed by atoms with E-state index in [0.29, 0.717) is 4.99 Å². The van der Waals surface area contributed by atoms with Gasteiger partial charge in [-0.25, -0.2) is 0 Å². The van der Waals surface area contributed by atoms with E-state index in [0.717, 1.165) is 5.57 Å². The van der Waals surface area contributed by atoms with Crippen molar-refractivity contribution in [3.63, 3.8) is 0 Å². The third-order valence-electron chi connectivity index (χ3n) is 1.67. The van der Waals surface area contributed by atoms with Gasteiger partial charge in [0.1, 0.15) is 4.99 Å². The second-order valence-corrected chi connectivity index (χ2v) is 2.69. The van der Waals surface area contributed by atoms with Crippen molar-refractivity contribution in [1.29, 1.82) is 0 Å². The molecule has 0 saturated carbocycles. The fourth-order valence-corrected chi connectivity index (χ4v) is 1.41. The van der Waals surface area contributed by atoms with Gasteiger partial charge in [-0.2, -0.15) is 0 Å². The van der Waals surface area contributed by atoms with Gasteiger partial charge in [0.05, 0.1) is 5.92 Å². The number of carbonyl (C=O) groups excluding carboxylic acids is 1. The van der Waals surface area contributed by atoms with Gasteiger partial charge in [0.25, 0.3) is 0 Å². The first-order valence-corrected chi connectivity index (χ1v) is 3.59. The van der Waals surface area contributed by atoms with Crippen LogP contribution >= 0.6 is 12.2 Å². The van der Waals surface area contributed by atoms with Gasteiger partial charge in [-0.05, 0) is 19.4 Å². The van der Waals surface area contributed by atoms with E-state index in [1.807, 2.05) is 19.9 Å². The molecule has 1 aliphatic rings. The highest BCUT2D eigenvalue weighted by molar-refractivity contribution is 7.80. The van der Waals surface area contributed by atoms with Crippen molar-refractivity contribution in [1.82, 2.24) is 5.32 Å². The molecule has 54 valence electrons. The first-order valence-electron chi connectivity index (χ1n) is 3.18. The lowest BCUT2D eigenvalue weighted by molar-refractivity contribution is -0.120. The molecule has 0 aliphatic carbocycles. The largest absolute Gasteiger partial charge is 0.316 e. The Labute approximate surface area is 65.3 Å². The molecule has 3 heteroatoms. The SMILES string of the molecule is C/C=C1/C(=S)NC(=O)C1C. The summed E-state index contributed by atoms with van der Waals surface area (Å²) in [6.45, 7) is 3.74. The molecule has 1 fully saturated rings. The number of rotatable bonds is 0. The summed E-state index contributed by atoms with van der Waals surface area (Å²) in [5.41, 5.74) is 0.944. The number of amides is 1. The minimum atomic E-state index is -0.0579. The van der Waals surface area contributed by atoms with Crippen LogP contribution in [0.15, 0.2) is 11.6 Å². The lowest BCUT2D eigenvalue weighted by Crippen LogP contribution is -2.19. The molecular weight excluding hydrogens is 146 g/mol. The van der Waals surface area contributed by atoms with Gasteiger partial charge in [0.2, 0.25) is 5.91 Å². The van der Waals surface area contributed by atoms with Crippen LogP contribution in [0.3, 0.4) is 0 Å². The van der Waals surface area contributed by atoms with Crippen LogP contribution in [0.25, 0.3) is 0 Å². The van der Waals surface area contributed by atoms with Gasteiger partial charge in [-0.15, -0.1) is 0 Å². The van der Waals surface area contributed by atoms with Gasteiger partial charge >= 0.3 is 0 Å². The lowest BCUT2D eigenvalue weighted by Gasteiger charge is -1.96. The van der Waals surface area contributed by atoms with E-state index in [-0.39, 0.29) is 11.8 Å². The van der Waals surface area contributed by atoms with Crippen LogP contribution in [0.5, 0.6) is 0 Å². The molecule has 0 bridgehead atoms. The van der Waals surface area contributed by atoms with E-state index in [1.54, 1.807) is 0 Å². The molecule has 1 N–H and O–H groups in total. The van der Waals surface area contributed by atoms with Crippen molar-refractivity contribution in [2.45, 2.75) is 13.8 Å². The number of carbonyl (C=O) groups is 1. The molecule has 1 heterocycles. The fraction of sp³-hybridized carbons (Fsp3) is 0.429. The van der Waals surface area contributed by atoms with E-state index in [9.17, 15) is 4.79 Å². The molecule has 1 unspecified atom stereocenters. The lowest BCUT2D eigenvalue weighted by atomic mass is 10.1. The van der Waals surface area contributed by atoms with E-state index >= 15 is 0 Å². The quantitative estimate of drug-likeness (QED) is 0.418. The summed E-state index contributed by atoms with van der Waals surface area (Å²) in [5.74, 6) is -0.0457. The Hall–Kier alpha value is -0.700. The zero-order valence-corrected chi connectivity index (χ0v) is 6.79. The van der Waals surface area contributed by atoms with Crippen molar-refractivity contribution in [3.05, 3.63) is 11.6 Å². The zero-order chi connectivity index (χ0) is 7.72. The highest BCUT2D eigenvalue weighted by Gasteiger charge is 2.28. The van der Waals surface area contributed by atoms with Crippen LogP contribution in [0, 0.1) is 5.92 Å². The number of allylic oxidation sites excluding steroid dienone is 1. The summed E-state index contributed by atoms with van der Waals surface area (Å²) < 4.78 is 0. The van der Waals surface area contributed by atoms with Crippen LogP contribution in [0.1, 0.15) is 13.8 Å². The number of hydrogen-bond acceptors (Lipinski definition) is 2. The Morgan fingerprint density at radius 3 is 2.50 bits per heavy atom. The summed E-state index contributed by atoms with van der Waals surface area (Å²) in [5, 5.41) is 2.59. The maximum Gasteiger partial charge on any atom is 0.232 e. The van der Waals surface area contributed by atoms with Crippen LogP contribution in [0.4, 0.5) is 0 Å². The molecule has 1 atom stereocenters. The Morgan fingerprint density at radius 1 is 1.70 bits per heavy atom. The van der Waals surface area contributed by atoms with Crippen LogP contribution in [0.2, 0.25) is 0 Å². The van der Waals surface area contributed by atoms with Crippen LogP contribution < -0.4 is 5.32 Å². The number of nitrogens with one attached hydrogen (secondary N) is 1. The molecule has 0 aromatic rings. The molecule has 0 radical (unpaired) electrons. The van der Waals surface area contributed by atoms with Crippen LogP contribution in [-0.2, 0) is 4.79 Å². The predicted molar refractivity (Wildman–Crippen MR) is 43.7 cm³/mol. The first-order chi connectivity index (χ1) is 4.66. The smallest absolute Gasteiger partial charge is 0.232 e. The molecular formula is C7H9NOS. The maximum absolute atomic E-state index is 10.9. The molecule has 0 aromatic heterocycles. The fourth-order valence-electron chi connectivity index (χ4n) is 1.01. The van der Waals surface area contributed by atoms with Crippen molar-refractivity contribution < 1.29 is 4.79 Å². The molecule has 1 aliphatic heterocycles. The van der Waals surface area contributed by atoms with E-state index in [2.05, 4.69) is 5.32 Å². The minimum Gasteiger partial charge on any atom is -0.316 e. The van der Waals surface area contributed by atoms with E-state index < -0.39 is 0 Å². The molecule has 10 heavy (non-hydrogen) atoms. The second kappa shape index (κ2) is 2.50.